The molecule has 154 valence electrons. The molecule has 0 radical (unpaired) electrons. The first-order valence-corrected chi connectivity index (χ1v) is 11.5. The van der Waals surface area contributed by atoms with Crippen molar-refractivity contribution in [3.63, 3.8) is 0 Å². The van der Waals surface area contributed by atoms with Crippen LogP contribution in [0.5, 0.6) is 0 Å². The Hall–Kier alpha value is -2.89. The van der Waals surface area contributed by atoms with Gasteiger partial charge in [-0.25, -0.2) is 15.0 Å². The molecule has 5 rings (SSSR count). The lowest BCUT2D eigenvalue weighted by molar-refractivity contribution is 0.102. The predicted octanol–water partition coefficient (Wildman–Crippen LogP) is 4.84. The van der Waals surface area contributed by atoms with E-state index < -0.39 is 0 Å². The second-order valence-corrected chi connectivity index (χ2v) is 9.08. The molecule has 0 saturated heterocycles. The highest BCUT2D eigenvalue weighted by atomic mass is 79.9. The van der Waals surface area contributed by atoms with Gasteiger partial charge in [-0.2, -0.15) is 5.10 Å². The van der Waals surface area contributed by atoms with Crippen LogP contribution in [-0.4, -0.2) is 30.6 Å². The van der Waals surface area contributed by atoms with Crippen molar-refractivity contribution in [2.45, 2.75) is 6.54 Å². The van der Waals surface area contributed by atoms with Crippen LogP contribution in [0.3, 0.4) is 0 Å². The smallest absolute Gasteiger partial charge is 0.258 e. The summed E-state index contributed by atoms with van der Waals surface area (Å²) in [4.78, 5) is 25.7. The predicted molar refractivity (Wildman–Crippen MR) is 128 cm³/mol. The minimum atomic E-state index is -0.273. The number of pyridine rings is 1. The van der Waals surface area contributed by atoms with Gasteiger partial charge in [-0.15, -0.1) is 11.3 Å². The molecular formula is C20H13Br2N7OS. The van der Waals surface area contributed by atoms with Crippen molar-refractivity contribution in [1.82, 2.24) is 24.7 Å². The van der Waals surface area contributed by atoms with Crippen LogP contribution in [-0.2, 0) is 6.54 Å². The van der Waals surface area contributed by atoms with Crippen molar-refractivity contribution in [3.05, 3.63) is 68.6 Å². The fraction of sp³-hybridized carbons (Fsp3) is 0.0500. The topological polar surface area (TPSA) is 112 Å². The summed E-state index contributed by atoms with van der Waals surface area (Å²) >= 11 is 8.28. The van der Waals surface area contributed by atoms with Gasteiger partial charge in [0.05, 0.1) is 44.6 Å². The van der Waals surface area contributed by atoms with Crippen LogP contribution in [0.2, 0.25) is 0 Å². The molecule has 4 heterocycles. The van der Waals surface area contributed by atoms with Crippen LogP contribution in [0.4, 0.5) is 11.5 Å². The van der Waals surface area contributed by atoms with Crippen LogP contribution in [0.1, 0.15) is 16.1 Å². The minimum Gasteiger partial charge on any atom is -0.382 e. The fourth-order valence-electron chi connectivity index (χ4n) is 3.32. The number of nitrogens with one attached hydrogen (secondary N) is 1. The van der Waals surface area contributed by atoms with Gasteiger partial charge in [0.1, 0.15) is 21.4 Å². The standard InChI is InChI=1S/C20H13Br2N7OS/c21-14-6-1-3-10(26-14)7-29-13-5-2-4-12(15(13)18(22)28-29)27-20(30)11-8-31-17-16(11)24-9-25-19(17)23/h1-6,8-9H,7H2,(H,27,30)(H2,23,24,25). The number of nitrogen functional groups attached to an aromatic ring is 1. The lowest BCUT2D eigenvalue weighted by Gasteiger charge is -2.07. The summed E-state index contributed by atoms with van der Waals surface area (Å²) in [6.07, 6.45) is 1.36. The number of halogens is 2. The summed E-state index contributed by atoms with van der Waals surface area (Å²) in [7, 11) is 0. The van der Waals surface area contributed by atoms with Gasteiger partial charge in [0.15, 0.2) is 0 Å². The molecule has 0 saturated carbocycles. The molecule has 31 heavy (non-hydrogen) atoms. The monoisotopic (exact) mass is 557 g/mol. The average molecular weight is 559 g/mol. The number of aromatic nitrogens is 5. The molecule has 8 nitrogen and oxygen atoms in total. The molecule has 0 bridgehead atoms. The van der Waals surface area contributed by atoms with Crippen molar-refractivity contribution in [2.75, 3.05) is 11.1 Å². The summed E-state index contributed by atoms with van der Waals surface area (Å²) in [5, 5.41) is 10.1. The summed E-state index contributed by atoms with van der Waals surface area (Å²) in [5.41, 5.74) is 9.26. The zero-order valence-electron chi connectivity index (χ0n) is 15.7. The molecule has 5 aromatic rings. The lowest BCUT2D eigenvalue weighted by atomic mass is 10.2. The third-order valence-corrected chi connectivity index (χ3v) is 6.68. The molecule has 4 aromatic heterocycles. The Labute approximate surface area is 196 Å². The highest BCUT2D eigenvalue weighted by Gasteiger charge is 2.19. The number of thiophene rings is 1. The Morgan fingerprint density at radius 1 is 1.16 bits per heavy atom. The third-order valence-electron chi connectivity index (χ3n) is 4.69. The quantitative estimate of drug-likeness (QED) is 0.305. The van der Waals surface area contributed by atoms with Crippen molar-refractivity contribution >= 4 is 81.7 Å². The first-order valence-electron chi connectivity index (χ1n) is 9.07. The van der Waals surface area contributed by atoms with Gasteiger partial charge in [-0.1, -0.05) is 12.1 Å². The molecule has 0 aliphatic rings. The fourth-order valence-corrected chi connectivity index (χ4v) is 5.21. The van der Waals surface area contributed by atoms with Gasteiger partial charge in [0.25, 0.3) is 5.91 Å². The zero-order valence-corrected chi connectivity index (χ0v) is 19.7. The number of hydrogen-bond acceptors (Lipinski definition) is 7. The Balaban J connectivity index is 1.51. The molecule has 0 aliphatic carbocycles. The van der Waals surface area contributed by atoms with E-state index in [0.29, 0.717) is 38.4 Å². The molecular weight excluding hydrogens is 546 g/mol. The second-order valence-electron chi connectivity index (χ2n) is 6.64. The van der Waals surface area contributed by atoms with Crippen LogP contribution >= 0.6 is 43.2 Å². The minimum absolute atomic E-state index is 0.273. The highest BCUT2D eigenvalue weighted by molar-refractivity contribution is 9.10. The molecule has 11 heteroatoms. The summed E-state index contributed by atoms with van der Waals surface area (Å²) < 4.78 is 3.94. The van der Waals surface area contributed by atoms with E-state index >= 15 is 0 Å². The first kappa shape index (κ1) is 20.0. The number of amides is 1. The number of carbonyl (C=O) groups is 1. The second kappa shape index (κ2) is 7.98. The van der Waals surface area contributed by atoms with Crippen molar-refractivity contribution in [1.29, 1.82) is 0 Å². The van der Waals surface area contributed by atoms with Gasteiger partial charge in [-0.05, 0) is 56.1 Å². The number of nitrogens with zero attached hydrogens (tertiary/aromatic N) is 5. The van der Waals surface area contributed by atoms with E-state index in [1.165, 1.54) is 17.7 Å². The van der Waals surface area contributed by atoms with Gasteiger partial charge in [0.2, 0.25) is 0 Å². The highest BCUT2D eigenvalue weighted by Crippen LogP contribution is 2.33. The van der Waals surface area contributed by atoms with E-state index in [2.05, 4.69) is 57.2 Å². The average Bonchev–Trinajstić information content (AvgIpc) is 3.31. The SMILES string of the molecule is Nc1ncnc2c(C(=O)Nc3cccc4c3c(Br)nn4Cc3cccc(Br)n3)csc12. The third kappa shape index (κ3) is 3.68. The van der Waals surface area contributed by atoms with Gasteiger partial charge >= 0.3 is 0 Å². The van der Waals surface area contributed by atoms with Crippen LogP contribution in [0.15, 0.2) is 57.3 Å². The van der Waals surface area contributed by atoms with Crippen molar-refractivity contribution in [3.8, 4) is 0 Å². The number of benzene rings is 1. The molecule has 3 N–H and O–H groups in total. The van der Waals surface area contributed by atoms with Crippen molar-refractivity contribution in [2.24, 2.45) is 0 Å². The van der Waals surface area contributed by atoms with E-state index in [1.54, 1.807) is 5.38 Å². The summed E-state index contributed by atoms with van der Waals surface area (Å²) in [6, 6.07) is 11.4. The largest absolute Gasteiger partial charge is 0.382 e. The maximum Gasteiger partial charge on any atom is 0.258 e. The van der Waals surface area contributed by atoms with Crippen LogP contribution in [0.25, 0.3) is 21.1 Å². The normalized spacial score (nSPS) is 11.3. The van der Waals surface area contributed by atoms with E-state index in [1.807, 2.05) is 41.1 Å². The van der Waals surface area contributed by atoms with Gasteiger partial charge in [0, 0.05) is 5.38 Å². The number of fused-ring (bicyclic) bond motifs is 2. The number of rotatable bonds is 4. The van der Waals surface area contributed by atoms with Gasteiger partial charge < -0.3 is 11.1 Å². The Kier molecular flexibility index (Phi) is 5.16. The molecule has 0 aliphatic heterocycles. The van der Waals surface area contributed by atoms with Crippen LogP contribution < -0.4 is 11.1 Å². The molecule has 0 spiro atoms. The van der Waals surface area contributed by atoms with E-state index in [9.17, 15) is 4.79 Å². The number of anilines is 2. The Morgan fingerprint density at radius 3 is 2.84 bits per heavy atom. The Morgan fingerprint density at radius 2 is 2.00 bits per heavy atom. The maximum absolute atomic E-state index is 13.0. The van der Waals surface area contributed by atoms with Crippen LogP contribution in [0, 0.1) is 0 Å². The summed E-state index contributed by atoms with van der Waals surface area (Å²) in [6.45, 7) is 0.490. The molecule has 0 unspecified atom stereocenters. The van der Waals surface area contributed by atoms with Gasteiger partial charge in [-0.3, -0.25) is 9.48 Å². The molecule has 1 amide bonds. The first-order chi connectivity index (χ1) is 15.0. The number of hydrogen-bond donors (Lipinski definition) is 2. The number of nitrogens with two attached hydrogens (primary N) is 1. The van der Waals surface area contributed by atoms with E-state index in [-0.39, 0.29) is 5.91 Å². The van der Waals surface area contributed by atoms with E-state index in [0.717, 1.165) is 21.2 Å². The van der Waals surface area contributed by atoms with E-state index in [4.69, 9.17) is 5.73 Å². The molecule has 0 atom stereocenters. The lowest BCUT2D eigenvalue weighted by Crippen LogP contribution is -2.12. The maximum atomic E-state index is 13.0. The zero-order chi connectivity index (χ0) is 21.5. The Bertz CT molecular complexity index is 1460. The molecule has 1 aromatic carbocycles. The number of carbonyl (C=O) groups excluding carboxylic acids is 1. The molecule has 0 fully saturated rings. The van der Waals surface area contributed by atoms with Crippen molar-refractivity contribution < 1.29 is 4.79 Å². The summed E-state index contributed by atoms with van der Waals surface area (Å²) in [5.74, 6) is 0.0893.